The quantitative estimate of drug-likeness (QED) is 0.914. The zero-order valence-electron chi connectivity index (χ0n) is 10.4. The summed E-state index contributed by atoms with van der Waals surface area (Å²) < 4.78 is 7.10. The Morgan fingerprint density at radius 3 is 2.61 bits per heavy atom. The van der Waals surface area contributed by atoms with Crippen molar-refractivity contribution in [2.45, 2.75) is 20.0 Å². The molecule has 0 radical (unpaired) electrons. The second-order valence-corrected chi connectivity index (χ2v) is 6.08. The van der Waals surface area contributed by atoms with E-state index in [1.807, 2.05) is 25.1 Å². The lowest BCUT2D eigenvalue weighted by molar-refractivity contribution is 0.216. The third-order valence-electron chi connectivity index (χ3n) is 2.81. The molecule has 0 amide bonds. The van der Waals surface area contributed by atoms with Gasteiger partial charge in [0, 0.05) is 15.9 Å². The van der Waals surface area contributed by atoms with E-state index in [-0.39, 0.29) is 6.10 Å². The maximum absolute atomic E-state index is 6.04. The molecular formula is C14H16BrNOS. The zero-order chi connectivity index (χ0) is 13.1. The van der Waals surface area contributed by atoms with E-state index in [4.69, 9.17) is 10.5 Å². The van der Waals surface area contributed by atoms with Crippen LogP contribution in [0.4, 0.5) is 0 Å². The summed E-state index contributed by atoms with van der Waals surface area (Å²) in [5, 5.41) is 2.07. The Morgan fingerprint density at radius 2 is 2.06 bits per heavy atom. The summed E-state index contributed by atoms with van der Waals surface area (Å²) in [6.07, 6.45) is -0.0649. The van der Waals surface area contributed by atoms with Crippen molar-refractivity contribution in [1.29, 1.82) is 0 Å². The second-order valence-electron chi connectivity index (χ2n) is 4.22. The fourth-order valence-corrected chi connectivity index (χ4v) is 3.27. The summed E-state index contributed by atoms with van der Waals surface area (Å²) in [5.41, 5.74) is 8.18. The SMILES string of the molecule is Cc1cc(Br)ccc1OC(CN)c1sccc1C. The number of hydrogen-bond donors (Lipinski definition) is 1. The summed E-state index contributed by atoms with van der Waals surface area (Å²) in [5.74, 6) is 0.890. The maximum atomic E-state index is 6.04. The van der Waals surface area contributed by atoms with E-state index in [2.05, 4.69) is 34.3 Å². The molecule has 2 rings (SSSR count). The number of hydrogen-bond acceptors (Lipinski definition) is 3. The summed E-state index contributed by atoms with van der Waals surface area (Å²) in [7, 11) is 0. The van der Waals surface area contributed by atoms with Gasteiger partial charge in [-0.1, -0.05) is 15.9 Å². The largest absolute Gasteiger partial charge is 0.483 e. The molecule has 1 atom stereocenters. The first-order valence-electron chi connectivity index (χ1n) is 5.78. The Morgan fingerprint density at radius 1 is 1.28 bits per heavy atom. The molecule has 0 aliphatic heterocycles. The van der Waals surface area contributed by atoms with Gasteiger partial charge in [-0.05, 0) is 54.6 Å². The molecule has 1 heterocycles. The van der Waals surface area contributed by atoms with Crippen molar-refractivity contribution in [3.05, 3.63) is 50.1 Å². The van der Waals surface area contributed by atoms with Crippen LogP contribution in [0.3, 0.4) is 0 Å². The van der Waals surface area contributed by atoms with E-state index in [0.29, 0.717) is 6.54 Å². The lowest BCUT2D eigenvalue weighted by Crippen LogP contribution is -2.18. The smallest absolute Gasteiger partial charge is 0.145 e. The highest BCUT2D eigenvalue weighted by Crippen LogP contribution is 2.30. The molecule has 0 saturated heterocycles. The van der Waals surface area contributed by atoms with Gasteiger partial charge in [0.05, 0.1) is 0 Å². The van der Waals surface area contributed by atoms with E-state index in [9.17, 15) is 0 Å². The molecule has 0 aliphatic carbocycles. The average Bonchev–Trinajstić information content (AvgIpc) is 2.75. The van der Waals surface area contributed by atoms with Crippen LogP contribution in [0.15, 0.2) is 34.1 Å². The number of aryl methyl sites for hydroxylation is 2. The van der Waals surface area contributed by atoms with Gasteiger partial charge in [0.2, 0.25) is 0 Å². The minimum Gasteiger partial charge on any atom is -0.483 e. The van der Waals surface area contributed by atoms with Crippen molar-refractivity contribution >= 4 is 27.3 Å². The minimum atomic E-state index is -0.0649. The van der Waals surface area contributed by atoms with Gasteiger partial charge in [0.15, 0.2) is 0 Å². The summed E-state index contributed by atoms with van der Waals surface area (Å²) in [6, 6.07) is 8.10. The molecule has 2 N–H and O–H groups in total. The van der Waals surface area contributed by atoms with Gasteiger partial charge < -0.3 is 10.5 Å². The van der Waals surface area contributed by atoms with Crippen molar-refractivity contribution in [2.24, 2.45) is 5.73 Å². The highest BCUT2D eigenvalue weighted by Gasteiger charge is 2.16. The summed E-state index contributed by atoms with van der Waals surface area (Å²) in [6.45, 7) is 4.61. The molecule has 0 fully saturated rings. The summed E-state index contributed by atoms with van der Waals surface area (Å²) >= 11 is 5.15. The fraction of sp³-hybridized carbons (Fsp3) is 0.286. The van der Waals surface area contributed by atoms with Crippen molar-refractivity contribution < 1.29 is 4.74 Å². The van der Waals surface area contributed by atoms with Crippen LogP contribution in [0, 0.1) is 13.8 Å². The molecule has 0 bridgehead atoms. The number of rotatable bonds is 4. The Bertz CT molecular complexity index is 538. The van der Waals surface area contributed by atoms with E-state index in [0.717, 1.165) is 15.8 Å². The lowest BCUT2D eigenvalue weighted by Gasteiger charge is -2.18. The fourth-order valence-electron chi connectivity index (χ4n) is 1.82. The van der Waals surface area contributed by atoms with Gasteiger partial charge in [0.1, 0.15) is 11.9 Å². The second kappa shape index (κ2) is 5.87. The molecular weight excluding hydrogens is 310 g/mol. The zero-order valence-corrected chi connectivity index (χ0v) is 12.8. The predicted molar refractivity (Wildman–Crippen MR) is 80.4 cm³/mol. The molecule has 0 aliphatic rings. The predicted octanol–water partition coefficient (Wildman–Crippen LogP) is 4.21. The van der Waals surface area contributed by atoms with Crippen LogP contribution in [-0.4, -0.2) is 6.54 Å². The molecule has 1 unspecified atom stereocenters. The first kappa shape index (κ1) is 13.6. The molecule has 18 heavy (non-hydrogen) atoms. The normalized spacial score (nSPS) is 12.4. The van der Waals surface area contributed by atoms with Crippen molar-refractivity contribution in [3.63, 3.8) is 0 Å². The van der Waals surface area contributed by atoms with Crippen LogP contribution in [0.5, 0.6) is 5.75 Å². The van der Waals surface area contributed by atoms with Crippen LogP contribution < -0.4 is 10.5 Å². The number of halogens is 1. The average molecular weight is 326 g/mol. The number of nitrogens with two attached hydrogens (primary N) is 1. The first-order chi connectivity index (χ1) is 8.61. The molecule has 0 saturated carbocycles. The third-order valence-corrected chi connectivity index (χ3v) is 4.42. The van der Waals surface area contributed by atoms with E-state index >= 15 is 0 Å². The number of thiophene rings is 1. The topological polar surface area (TPSA) is 35.2 Å². The Balaban J connectivity index is 2.23. The molecule has 96 valence electrons. The highest BCUT2D eigenvalue weighted by atomic mass is 79.9. The van der Waals surface area contributed by atoms with Gasteiger partial charge in [0.25, 0.3) is 0 Å². The van der Waals surface area contributed by atoms with E-state index < -0.39 is 0 Å². The van der Waals surface area contributed by atoms with Crippen molar-refractivity contribution in [2.75, 3.05) is 6.54 Å². The lowest BCUT2D eigenvalue weighted by atomic mass is 10.2. The molecule has 0 spiro atoms. The monoisotopic (exact) mass is 325 g/mol. The van der Waals surface area contributed by atoms with Gasteiger partial charge >= 0.3 is 0 Å². The van der Waals surface area contributed by atoms with Gasteiger partial charge in [-0.2, -0.15) is 0 Å². The third kappa shape index (κ3) is 2.94. The van der Waals surface area contributed by atoms with E-state index in [1.54, 1.807) is 11.3 Å². The Hall–Kier alpha value is -0.840. The Labute approximate surface area is 120 Å². The van der Waals surface area contributed by atoms with Crippen LogP contribution in [0.2, 0.25) is 0 Å². The van der Waals surface area contributed by atoms with Crippen LogP contribution >= 0.6 is 27.3 Å². The first-order valence-corrected chi connectivity index (χ1v) is 7.46. The van der Waals surface area contributed by atoms with Crippen LogP contribution in [-0.2, 0) is 0 Å². The molecule has 2 aromatic rings. The van der Waals surface area contributed by atoms with Crippen molar-refractivity contribution in [1.82, 2.24) is 0 Å². The van der Waals surface area contributed by atoms with Crippen LogP contribution in [0.1, 0.15) is 22.1 Å². The standard InChI is InChI=1S/C14H16BrNOS/c1-9-5-6-18-14(9)13(8-16)17-12-4-3-11(15)7-10(12)2/h3-7,13H,8,16H2,1-2H3. The molecule has 1 aromatic heterocycles. The van der Waals surface area contributed by atoms with E-state index in [1.165, 1.54) is 10.4 Å². The highest BCUT2D eigenvalue weighted by molar-refractivity contribution is 9.10. The van der Waals surface area contributed by atoms with Crippen LogP contribution in [0.25, 0.3) is 0 Å². The van der Waals surface area contributed by atoms with Gasteiger partial charge in [-0.3, -0.25) is 0 Å². The molecule has 2 nitrogen and oxygen atoms in total. The Kier molecular flexibility index (Phi) is 4.43. The summed E-state index contributed by atoms with van der Waals surface area (Å²) in [4.78, 5) is 1.21. The number of ether oxygens (including phenoxy) is 1. The number of benzene rings is 1. The van der Waals surface area contributed by atoms with Gasteiger partial charge in [-0.15, -0.1) is 11.3 Å². The molecule has 1 aromatic carbocycles. The van der Waals surface area contributed by atoms with Gasteiger partial charge in [-0.25, -0.2) is 0 Å². The van der Waals surface area contributed by atoms with Crippen molar-refractivity contribution in [3.8, 4) is 5.75 Å². The molecule has 4 heteroatoms. The maximum Gasteiger partial charge on any atom is 0.145 e. The minimum absolute atomic E-state index is 0.0649.